The quantitative estimate of drug-likeness (QED) is 0.899. The number of nitrogens with two attached hydrogens (primary N) is 1. The molecule has 0 radical (unpaired) electrons. The third-order valence-electron chi connectivity index (χ3n) is 3.04. The SMILES string of the molecule is COc1ccc(CCC(N)c2ncccc2F)cc1. The average Bonchev–Trinajstić information content (AvgIpc) is 2.46. The lowest BCUT2D eigenvalue weighted by Crippen LogP contribution is -2.14. The molecular formula is C15H17FN2O. The largest absolute Gasteiger partial charge is 0.497 e. The van der Waals surface area contributed by atoms with E-state index in [0.717, 1.165) is 17.7 Å². The van der Waals surface area contributed by atoms with Crippen LogP contribution in [0.5, 0.6) is 5.75 Å². The Morgan fingerprint density at radius 3 is 2.63 bits per heavy atom. The molecule has 2 aromatic rings. The van der Waals surface area contributed by atoms with Gasteiger partial charge in [0.2, 0.25) is 0 Å². The molecule has 0 fully saturated rings. The molecule has 0 saturated heterocycles. The van der Waals surface area contributed by atoms with Crippen LogP contribution in [0.15, 0.2) is 42.6 Å². The first-order valence-electron chi connectivity index (χ1n) is 6.19. The minimum Gasteiger partial charge on any atom is -0.497 e. The van der Waals surface area contributed by atoms with E-state index in [1.165, 1.54) is 6.07 Å². The van der Waals surface area contributed by atoms with Crippen LogP contribution in [0.3, 0.4) is 0 Å². The number of nitrogens with zero attached hydrogens (tertiary/aromatic N) is 1. The van der Waals surface area contributed by atoms with Gasteiger partial charge < -0.3 is 10.5 Å². The lowest BCUT2D eigenvalue weighted by molar-refractivity contribution is 0.414. The minimum absolute atomic E-state index is 0.330. The molecule has 1 aromatic heterocycles. The van der Waals surface area contributed by atoms with Gasteiger partial charge in [-0.05, 0) is 42.7 Å². The molecule has 1 heterocycles. The molecule has 2 rings (SSSR count). The van der Waals surface area contributed by atoms with Crippen LogP contribution >= 0.6 is 0 Å². The number of aromatic nitrogens is 1. The fourth-order valence-corrected chi connectivity index (χ4v) is 1.92. The van der Waals surface area contributed by atoms with Gasteiger partial charge in [-0.2, -0.15) is 0 Å². The molecule has 100 valence electrons. The first-order chi connectivity index (χ1) is 9.20. The molecule has 1 atom stereocenters. The van der Waals surface area contributed by atoms with Crippen molar-refractivity contribution in [3.63, 3.8) is 0 Å². The normalized spacial score (nSPS) is 12.2. The van der Waals surface area contributed by atoms with Crippen molar-refractivity contribution in [2.24, 2.45) is 5.73 Å². The fraction of sp³-hybridized carbons (Fsp3) is 0.267. The Bertz CT molecular complexity index is 528. The van der Waals surface area contributed by atoms with Crippen LogP contribution in [0.25, 0.3) is 0 Å². The van der Waals surface area contributed by atoms with E-state index in [1.54, 1.807) is 19.4 Å². The highest BCUT2D eigenvalue weighted by Gasteiger charge is 2.12. The molecule has 1 unspecified atom stereocenters. The minimum atomic E-state index is -0.386. The monoisotopic (exact) mass is 260 g/mol. The molecule has 0 amide bonds. The van der Waals surface area contributed by atoms with E-state index in [1.807, 2.05) is 24.3 Å². The maximum absolute atomic E-state index is 13.5. The van der Waals surface area contributed by atoms with E-state index >= 15 is 0 Å². The van der Waals surface area contributed by atoms with Crippen LogP contribution < -0.4 is 10.5 Å². The highest BCUT2D eigenvalue weighted by Crippen LogP contribution is 2.19. The lowest BCUT2D eigenvalue weighted by Gasteiger charge is -2.11. The zero-order valence-corrected chi connectivity index (χ0v) is 10.8. The second-order valence-electron chi connectivity index (χ2n) is 4.36. The summed E-state index contributed by atoms with van der Waals surface area (Å²) in [5.74, 6) is 0.480. The van der Waals surface area contributed by atoms with Crippen molar-refractivity contribution in [3.8, 4) is 5.75 Å². The number of hydrogen-bond donors (Lipinski definition) is 1. The Hall–Kier alpha value is -1.94. The second kappa shape index (κ2) is 6.29. The van der Waals surface area contributed by atoms with Crippen LogP contribution in [0.2, 0.25) is 0 Å². The molecule has 0 bridgehead atoms. The molecule has 0 aliphatic heterocycles. The number of halogens is 1. The van der Waals surface area contributed by atoms with Crippen LogP contribution in [0, 0.1) is 5.82 Å². The lowest BCUT2D eigenvalue weighted by atomic mass is 10.0. The van der Waals surface area contributed by atoms with Crippen LogP contribution in [0.1, 0.15) is 23.7 Å². The van der Waals surface area contributed by atoms with E-state index in [9.17, 15) is 4.39 Å². The molecule has 1 aromatic carbocycles. The van der Waals surface area contributed by atoms with Gasteiger partial charge in [-0.3, -0.25) is 4.98 Å². The Balaban J connectivity index is 1.96. The van der Waals surface area contributed by atoms with E-state index in [0.29, 0.717) is 12.1 Å². The smallest absolute Gasteiger partial charge is 0.146 e. The first kappa shape index (κ1) is 13.5. The summed E-state index contributed by atoms with van der Waals surface area (Å²) in [7, 11) is 1.63. The summed E-state index contributed by atoms with van der Waals surface area (Å²) in [6.07, 6.45) is 2.99. The Kier molecular flexibility index (Phi) is 4.47. The zero-order valence-electron chi connectivity index (χ0n) is 10.8. The summed E-state index contributed by atoms with van der Waals surface area (Å²) >= 11 is 0. The summed E-state index contributed by atoms with van der Waals surface area (Å²) < 4.78 is 18.6. The van der Waals surface area contributed by atoms with Crippen LogP contribution in [0.4, 0.5) is 4.39 Å². The number of hydrogen-bond acceptors (Lipinski definition) is 3. The van der Waals surface area contributed by atoms with Gasteiger partial charge in [0, 0.05) is 6.20 Å². The van der Waals surface area contributed by atoms with Gasteiger partial charge in [0.05, 0.1) is 18.8 Å². The van der Waals surface area contributed by atoms with Crippen molar-refractivity contribution >= 4 is 0 Å². The van der Waals surface area contributed by atoms with Crippen LogP contribution in [-0.2, 0) is 6.42 Å². The molecule has 19 heavy (non-hydrogen) atoms. The number of methoxy groups -OCH3 is 1. The molecule has 3 nitrogen and oxygen atoms in total. The Morgan fingerprint density at radius 2 is 2.00 bits per heavy atom. The van der Waals surface area contributed by atoms with Gasteiger partial charge >= 0.3 is 0 Å². The summed E-state index contributed by atoms with van der Waals surface area (Å²) in [5, 5.41) is 0. The molecule has 0 aliphatic carbocycles. The van der Waals surface area contributed by atoms with Gasteiger partial charge in [-0.15, -0.1) is 0 Å². The van der Waals surface area contributed by atoms with E-state index < -0.39 is 0 Å². The highest BCUT2D eigenvalue weighted by molar-refractivity contribution is 5.27. The van der Waals surface area contributed by atoms with Gasteiger partial charge in [0.25, 0.3) is 0 Å². The third kappa shape index (κ3) is 3.51. The predicted octanol–water partition coefficient (Wildman–Crippen LogP) is 2.86. The predicted molar refractivity (Wildman–Crippen MR) is 72.4 cm³/mol. The number of pyridine rings is 1. The topological polar surface area (TPSA) is 48.1 Å². The Labute approximate surface area is 112 Å². The Morgan fingerprint density at radius 1 is 1.26 bits per heavy atom. The molecule has 0 aliphatic rings. The summed E-state index contributed by atoms with van der Waals surface area (Å²) in [6.45, 7) is 0. The van der Waals surface area contributed by atoms with Crippen molar-refractivity contribution in [2.75, 3.05) is 7.11 Å². The number of aryl methyl sites for hydroxylation is 1. The first-order valence-corrected chi connectivity index (χ1v) is 6.19. The maximum Gasteiger partial charge on any atom is 0.146 e. The highest BCUT2D eigenvalue weighted by atomic mass is 19.1. The standard InChI is InChI=1S/C15H17FN2O/c1-19-12-7-4-11(5-8-12)6-9-14(17)15-13(16)3-2-10-18-15/h2-5,7-8,10,14H,6,9,17H2,1H3. The summed E-state index contributed by atoms with van der Waals surface area (Å²) in [4.78, 5) is 4.00. The van der Waals surface area contributed by atoms with Crippen molar-refractivity contribution in [3.05, 3.63) is 59.7 Å². The molecule has 0 saturated carbocycles. The third-order valence-corrected chi connectivity index (χ3v) is 3.04. The fourth-order valence-electron chi connectivity index (χ4n) is 1.92. The van der Waals surface area contributed by atoms with Gasteiger partial charge in [0.15, 0.2) is 0 Å². The van der Waals surface area contributed by atoms with Crippen molar-refractivity contribution < 1.29 is 9.13 Å². The number of benzene rings is 1. The van der Waals surface area contributed by atoms with Crippen molar-refractivity contribution in [1.82, 2.24) is 4.98 Å². The van der Waals surface area contributed by atoms with E-state index in [2.05, 4.69) is 4.98 Å². The zero-order chi connectivity index (χ0) is 13.7. The molecular weight excluding hydrogens is 243 g/mol. The summed E-state index contributed by atoms with van der Waals surface area (Å²) in [6, 6.07) is 10.3. The molecule has 4 heteroatoms. The summed E-state index contributed by atoms with van der Waals surface area (Å²) in [5.41, 5.74) is 7.45. The van der Waals surface area contributed by atoms with Crippen molar-refractivity contribution in [2.45, 2.75) is 18.9 Å². The van der Waals surface area contributed by atoms with Gasteiger partial charge in [0.1, 0.15) is 11.6 Å². The maximum atomic E-state index is 13.5. The van der Waals surface area contributed by atoms with Gasteiger partial charge in [-0.25, -0.2) is 4.39 Å². The molecule has 0 spiro atoms. The number of rotatable bonds is 5. The molecule has 2 N–H and O–H groups in total. The second-order valence-corrected chi connectivity index (χ2v) is 4.36. The van der Waals surface area contributed by atoms with Crippen LogP contribution in [-0.4, -0.2) is 12.1 Å². The van der Waals surface area contributed by atoms with Gasteiger partial charge in [-0.1, -0.05) is 12.1 Å². The average molecular weight is 260 g/mol. The number of ether oxygens (including phenoxy) is 1. The van der Waals surface area contributed by atoms with Crippen molar-refractivity contribution in [1.29, 1.82) is 0 Å². The van der Waals surface area contributed by atoms with E-state index in [-0.39, 0.29) is 11.9 Å². The van der Waals surface area contributed by atoms with E-state index in [4.69, 9.17) is 10.5 Å².